The van der Waals surface area contributed by atoms with Gasteiger partial charge in [-0.3, -0.25) is 4.79 Å². The summed E-state index contributed by atoms with van der Waals surface area (Å²) in [4.78, 5) is 39.4. The van der Waals surface area contributed by atoms with E-state index in [0.29, 0.717) is 0 Å². The Morgan fingerprint density at radius 3 is 2.44 bits per heavy atom. The SMILES string of the molecule is COC(=O)C(NC(=O)c1cc(F)cc(CNC(=O)OC(C)(C)C)n1)C(C)O. The highest BCUT2D eigenvalue weighted by atomic mass is 19.1. The number of carbonyl (C=O) groups excluding carboxylic acids is 3. The van der Waals surface area contributed by atoms with Crippen molar-refractivity contribution < 1.29 is 33.4 Å². The number of nitrogens with one attached hydrogen (secondary N) is 2. The fraction of sp³-hybridized carbons (Fsp3) is 0.529. The Balaban J connectivity index is 2.86. The van der Waals surface area contributed by atoms with Crippen molar-refractivity contribution in [2.24, 2.45) is 0 Å². The minimum atomic E-state index is -1.34. The van der Waals surface area contributed by atoms with E-state index in [9.17, 15) is 23.9 Å². The number of pyridine rings is 1. The summed E-state index contributed by atoms with van der Waals surface area (Å²) in [7, 11) is 1.10. The molecule has 1 rings (SSSR count). The van der Waals surface area contributed by atoms with Crippen LogP contribution >= 0.6 is 0 Å². The van der Waals surface area contributed by atoms with E-state index >= 15 is 0 Å². The van der Waals surface area contributed by atoms with Gasteiger partial charge in [-0.15, -0.1) is 0 Å². The summed E-state index contributed by atoms with van der Waals surface area (Å²) < 4.78 is 23.3. The highest BCUT2D eigenvalue weighted by Crippen LogP contribution is 2.09. The Hall–Kier alpha value is -2.75. The first kappa shape index (κ1) is 22.3. The second-order valence-electron chi connectivity index (χ2n) is 6.73. The highest BCUT2D eigenvalue weighted by Gasteiger charge is 2.27. The number of methoxy groups -OCH3 is 1. The first-order valence-corrected chi connectivity index (χ1v) is 8.13. The van der Waals surface area contributed by atoms with Crippen LogP contribution in [0.15, 0.2) is 12.1 Å². The molecule has 1 aromatic heterocycles. The van der Waals surface area contributed by atoms with E-state index in [4.69, 9.17) is 4.74 Å². The molecule has 9 nitrogen and oxygen atoms in total. The molecule has 3 N–H and O–H groups in total. The van der Waals surface area contributed by atoms with Crippen LogP contribution in [0.2, 0.25) is 0 Å². The summed E-state index contributed by atoms with van der Waals surface area (Å²) in [6.07, 6.45) is -1.96. The topological polar surface area (TPSA) is 127 Å². The van der Waals surface area contributed by atoms with Crippen molar-refractivity contribution in [1.29, 1.82) is 0 Å². The number of carbonyl (C=O) groups is 3. The van der Waals surface area contributed by atoms with Gasteiger partial charge < -0.3 is 25.2 Å². The third kappa shape index (κ3) is 7.57. The first-order chi connectivity index (χ1) is 12.4. The van der Waals surface area contributed by atoms with Crippen LogP contribution < -0.4 is 10.6 Å². The quantitative estimate of drug-likeness (QED) is 0.621. The molecule has 0 saturated heterocycles. The van der Waals surface area contributed by atoms with E-state index in [2.05, 4.69) is 20.4 Å². The third-order valence-electron chi connectivity index (χ3n) is 3.11. The summed E-state index contributed by atoms with van der Waals surface area (Å²) in [5, 5.41) is 14.2. The van der Waals surface area contributed by atoms with Gasteiger partial charge in [0.1, 0.15) is 17.1 Å². The summed E-state index contributed by atoms with van der Waals surface area (Å²) in [5.74, 6) is -2.51. The fourth-order valence-electron chi connectivity index (χ4n) is 1.95. The molecule has 1 heterocycles. The number of alkyl carbamates (subject to hydrolysis) is 1. The fourth-order valence-corrected chi connectivity index (χ4v) is 1.95. The Bertz CT molecular complexity index is 702. The highest BCUT2D eigenvalue weighted by molar-refractivity contribution is 5.95. The number of nitrogens with zero attached hydrogens (tertiary/aromatic N) is 1. The third-order valence-corrected chi connectivity index (χ3v) is 3.11. The lowest BCUT2D eigenvalue weighted by Gasteiger charge is -2.20. The second-order valence-corrected chi connectivity index (χ2v) is 6.73. The number of hydrogen-bond donors (Lipinski definition) is 3. The van der Waals surface area contributed by atoms with Gasteiger partial charge in [0.15, 0.2) is 6.04 Å². The summed E-state index contributed by atoms with van der Waals surface area (Å²) >= 11 is 0. The van der Waals surface area contributed by atoms with Crippen LogP contribution in [0.3, 0.4) is 0 Å². The van der Waals surface area contributed by atoms with Crippen LogP contribution in [-0.2, 0) is 20.8 Å². The average Bonchev–Trinajstić information content (AvgIpc) is 2.54. The van der Waals surface area contributed by atoms with Crippen molar-refractivity contribution in [1.82, 2.24) is 15.6 Å². The molecule has 0 saturated carbocycles. The molecular weight excluding hydrogens is 361 g/mol. The Kier molecular flexibility index (Phi) is 7.65. The molecule has 2 unspecified atom stereocenters. The molecule has 0 bridgehead atoms. The molecule has 0 spiro atoms. The van der Waals surface area contributed by atoms with Crippen molar-refractivity contribution in [3.8, 4) is 0 Å². The Labute approximate surface area is 156 Å². The lowest BCUT2D eigenvalue weighted by molar-refractivity contribution is -0.145. The van der Waals surface area contributed by atoms with Crippen molar-refractivity contribution in [3.63, 3.8) is 0 Å². The molecule has 1 aromatic rings. The van der Waals surface area contributed by atoms with Crippen molar-refractivity contribution in [3.05, 3.63) is 29.3 Å². The van der Waals surface area contributed by atoms with Crippen molar-refractivity contribution >= 4 is 18.0 Å². The van der Waals surface area contributed by atoms with Crippen LogP contribution in [0.1, 0.15) is 43.9 Å². The minimum Gasteiger partial charge on any atom is -0.467 e. The van der Waals surface area contributed by atoms with E-state index in [-0.39, 0.29) is 17.9 Å². The number of esters is 1. The van der Waals surface area contributed by atoms with E-state index in [1.165, 1.54) is 6.92 Å². The van der Waals surface area contributed by atoms with Gasteiger partial charge in [-0.1, -0.05) is 0 Å². The molecule has 150 valence electrons. The smallest absolute Gasteiger partial charge is 0.407 e. The van der Waals surface area contributed by atoms with E-state index < -0.39 is 41.5 Å². The molecule has 0 aliphatic rings. The zero-order chi connectivity index (χ0) is 20.8. The summed E-state index contributed by atoms with van der Waals surface area (Å²) in [5.41, 5.74) is -0.961. The van der Waals surface area contributed by atoms with Crippen molar-refractivity contribution in [2.75, 3.05) is 7.11 Å². The molecule has 2 atom stereocenters. The standard InChI is InChI=1S/C17H24FN3O6/c1-9(22)13(15(24)26-5)21-14(23)12-7-10(18)6-11(20-12)8-19-16(25)27-17(2,3)4/h6-7,9,13,22H,8H2,1-5H3,(H,19,25)(H,21,23). The van der Waals surface area contributed by atoms with Gasteiger partial charge in [-0.2, -0.15) is 0 Å². The molecule has 0 aliphatic heterocycles. The normalized spacial score (nSPS) is 13.3. The number of rotatable bonds is 6. The van der Waals surface area contributed by atoms with Crippen LogP contribution in [0.25, 0.3) is 0 Å². The number of hydrogen-bond acceptors (Lipinski definition) is 7. The summed E-state index contributed by atoms with van der Waals surface area (Å²) in [6, 6.07) is 0.569. The van der Waals surface area contributed by atoms with Crippen LogP contribution in [0.4, 0.5) is 9.18 Å². The maximum absolute atomic E-state index is 13.8. The van der Waals surface area contributed by atoms with Gasteiger partial charge in [0.05, 0.1) is 25.5 Å². The maximum atomic E-state index is 13.8. The average molecular weight is 385 g/mol. The van der Waals surface area contributed by atoms with Crippen LogP contribution in [0.5, 0.6) is 0 Å². The Morgan fingerprint density at radius 2 is 1.93 bits per heavy atom. The van der Waals surface area contributed by atoms with Gasteiger partial charge in [0.25, 0.3) is 5.91 Å². The molecule has 0 aromatic carbocycles. The number of aromatic nitrogens is 1. The predicted octanol–water partition coefficient (Wildman–Crippen LogP) is 0.898. The van der Waals surface area contributed by atoms with Crippen LogP contribution in [-0.4, -0.2) is 52.9 Å². The molecule has 0 aliphatic carbocycles. The Morgan fingerprint density at radius 1 is 1.30 bits per heavy atom. The molecular formula is C17H24FN3O6. The van der Waals surface area contributed by atoms with E-state index in [0.717, 1.165) is 19.2 Å². The molecule has 10 heteroatoms. The van der Waals surface area contributed by atoms with Crippen LogP contribution in [0, 0.1) is 5.82 Å². The van der Waals surface area contributed by atoms with Gasteiger partial charge >= 0.3 is 12.1 Å². The number of aliphatic hydroxyl groups excluding tert-OH is 1. The number of ether oxygens (including phenoxy) is 2. The lowest BCUT2D eigenvalue weighted by Crippen LogP contribution is -2.48. The van der Waals surface area contributed by atoms with Gasteiger partial charge in [0, 0.05) is 6.07 Å². The number of halogens is 1. The van der Waals surface area contributed by atoms with Gasteiger partial charge in [0.2, 0.25) is 0 Å². The molecule has 0 fully saturated rings. The van der Waals surface area contributed by atoms with E-state index in [1.54, 1.807) is 20.8 Å². The minimum absolute atomic E-state index is 0.0673. The molecule has 0 radical (unpaired) electrons. The summed E-state index contributed by atoms with van der Waals surface area (Å²) in [6.45, 7) is 6.18. The largest absolute Gasteiger partial charge is 0.467 e. The second kappa shape index (κ2) is 9.26. The zero-order valence-electron chi connectivity index (χ0n) is 15.8. The lowest BCUT2D eigenvalue weighted by atomic mass is 10.1. The molecule has 27 heavy (non-hydrogen) atoms. The zero-order valence-corrected chi connectivity index (χ0v) is 15.8. The first-order valence-electron chi connectivity index (χ1n) is 8.13. The maximum Gasteiger partial charge on any atom is 0.407 e. The number of amides is 2. The van der Waals surface area contributed by atoms with Gasteiger partial charge in [-0.05, 0) is 33.8 Å². The monoisotopic (exact) mass is 385 g/mol. The van der Waals surface area contributed by atoms with Crippen molar-refractivity contribution in [2.45, 2.75) is 52.0 Å². The van der Waals surface area contributed by atoms with Gasteiger partial charge in [-0.25, -0.2) is 19.0 Å². The number of aliphatic hydroxyl groups is 1. The predicted molar refractivity (Wildman–Crippen MR) is 92.2 cm³/mol. The van der Waals surface area contributed by atoms with E-state index in [1.807, 2.05) is 0 Å². The molecule has 2 amide bonds.